The van der Waals surface area contributed by atoms with E-state index < -0.39 is 0 Å². The molecule has 2 aromatic rings. The minimum Gasteiger partial charge on any atom is -0.332 e. The zero-order valence-corrected chi connectivity index (χ0v) is 13.7. The van der Waals surface area contributed by atoms with E-state index in [2.05, 4.69) is 27.0 Å². The number of amides is 1. The summed E-state index contributed by atoms with van der Waals surface area (Å²) in [4.78, 5) is 20.7. The van der Waals surface area contributed by atoms with Crippen molar-refractivity contribution in [2.75, 3.05) is 19.6 Å². The van der Waals surface area contributed by atoms with Crippen LogP contribution < -0.4 is 0 Å². The van der Waals surface area contributed by atoms with Gasteiger partial charge in [-0.05, 0) is 13.8 Å². The molecule has 1 fully saturated rings. The van der Waals surface area contributed by atoms with E-state index in [4.69, 9.17) is 0 Å². The maximum absolute atomic E-state index is 12.4. The molecule has 0 aliphatic carbocycles. The van der Waals surface area contributed by atoms with E-state index in [9.17, 15) is 4.79 Å². The second-order valence-corrected chi connectivity index (χ2v) is 7.16. The highest BCUT2D eigenvalue weighted by atomic mass is 32.1. The number of hydrogen-bond donors (Lipinski definition) is 0. The first-order valence-electron chi connectivity index (χ1n) is 6.84. The number of nitrogens with zero attached hydrogens (tertiary/aromatic N) is 5. The van der Waals surface area contributed by atoms with Crippen LogP contribution in [0.5, 0.6) is 0 Å². The standard InChI is InChI=1S/C13H17N5OS2/c1-9-5-17(6-12-16-15-10(2)21-12)3-4-18(9)13(19)11-7-20-8-14-11/h7-9H,3-6H2,1-2H3/t9-/m0/s1. The maximum atomic E-state index is 12.4. The van der Waals surface area contributed by atoms with Crippen LogP contribution in [-0.2, 0) is 6.54 Å². The summed E-state index contributed by atoms with van der Waals surface area (Å²) in [6.07, 6.45) is 0. The van der Waals surface area contributed by atoms with Crippen LogP contribution in [0, 0.1) is 6.92 Å². The fourth-order valence-electron chi connectivity index (χ4n) is 2.54. The van der Waals surface area contributed by atoms with E-state index in [1.54, 1.807) is 16.8 Å². The van der Waals surface area contributed by atoms with Crippen LogP contribution in [0.2, 0.25) is 0 Å². The molecule has 0 spiro atoms. The number of piperazine rings is 1. The first-order chi connectivity index (χ1) is 10.1. The van der Waals surface area contributed by atoms with Crippen LogP contribution in [0.25, 0.3) is 0 Å². The summed E-state index contributed by atoms with van der Waals surface area (Å²) in [5.41, 5.74) is 2.26. The second kappa shape index (κ2) is 6.17. The Hall–Kier alpha value is -1.38. The Morgan fingerprint density at radius 3 is 2.90 bits per heavy atom. The van der Waals surface area contributed by atoms with E-state index in [1.807, 2.05) is 17.2 Å². The summed E-state index contributed by atoms with van der Waals surface area (Å²) < 4.78 is 0. The van der Waals surface area contributed by atoms with Crippen molar-refractivity contribution in [1.82, 2.24) is 25.0 Å². The van der Waals surface area contributed by atoms with E-state index in [0.29, 0.717) is 5.69 Å². The Morgan fingerprint density at radius 1 is 1.43 bits per heavy atom. The van der Waals surface area contributed by atoms with Gasteiger partial charge in [-0.2, -0.15) is 0 Å². The topological polar surface area (TPSA) is 62.2 Å². The number of aromatic nitrogens is 3. The molecular weight excluding hydrogens is 306 g/mol. The highest BCUT2D eigenvalue weighted by molar-refractivity contribution is 7.11. The predicted molar refractivity (Wildman–Crippen MR) is 82.5 cm³/mol. The van der Waals surface area contributed by atoms with Crippen LogP contribution >= 0.6 is 22.7 Å². The second-order valence-electron chi connectivity index (χ2n) is 5.17. The summed E-state index contributed by atoms with van der Waals surface area (Å²) in [6, 6.07) is 0.182. The van der Waals surface area contributed by atoms with Crippen molar-refractivity contribution in [2.45, 2.75) is 26.4 Å². The molecule has 1 amide bonds. The highest BCUT2D eigenvalue weighted by Crippen LogP contribution is 2.17. The lowest BCUT2D eigenvalue weighted by atomic mass is 10.2. The Labute approximate surface area is 131 Å². The average molecular weight is 323 g/mol. The van der Waals surface area contributed by atoms with Gasteiger partial charge in [0.2, 0.25) is 0 Å². The third-order valence-corrected chi connectivity index (χ3v) is 4.96. The summed E-state index contributed by atoms with van der Waals surface area (Å²) in [5, 5.41) is 12.1. The van der Waals surface area contributed by atoms with Gasteiger partial charge in [-0.15, -0.1) is 32.9 Å². The van der Waals surface area contributed by atoms with E-state index in [-0.39, 0.29) is 11.9 Å². The fourth-order valence-corrected chi connectivity index (χ4v) is 3.81. The largest absolute Gasteiger partial charge is 0.332 e. The molecule has 8 heteroatoms. The third kappa shape index (κ3) is 3.28. The van der Waals surface area contributed by atoms with E-state index >= 15 is 0 Å². The number of carbonyl (C=O) groups excluding carboxylic acids is 1. The van der Waals surface area contributed by atoms with Crippen molar-refractivity contribution in [1.29, 1.82) is 0 Å². The predicted octanol–water partition coefficient (Wildman–Crippen LogP) is 1.65. The van der Waals surface area contributed by atoms with Gasteiger partial charge in [0.05, 0.1) is 12.1 Å². The lowest BCUT2D eigenvalue weighted by Gasteiger charge is -2.39. The molecule has 21 heavy (non-hydrogen) atoms. The SMILES string of the molecule is Cc1nnc(CN2CCN(C(=O)c3cscn3)[C@@H](C)C2)s1. The zero-order chi connectivity index (χ0) is 14.8. The van der Waals surface area contributed by atoms with Crippen molar-refractivity contribution in [3.05, 3.63) is 26.6 Å². The quantitative estimate of drug-likeness (QED) is 0.859. The molecule has 1 aliphatic rings. The molecule has 112 valence electrons. The lowest BCUT2D eigenvalue weighted by Crippen LogP contribution is -2.53. The van der Waals surface area contributed by atoms with Crippen molar-refractivity contribution in [2.24, 2.45) is 0 Å². The van der Waals surface area contributed by atoms with E-state index in [1.165, 1.54) is 11.3 Å². The van der Waals surface area contributed by atoms with Gasteiger partial charge in [0, 0.05) is 31.1 Å². The van der Waals surface area contributed by atoms with Gasteiger partial charge in [0.1, 0.15) is 15.7 Å². The van der Waals surface area contributed by atoms with Crippen molar-refractivity contribution >= 4 is 28.6 Å². The van der Waals surface area contributed by atoms with Crippen LogP contribution in [0.1, 0.15) is 27.4 Å². The Morgan fingerprint density at radius 2 is 2.29 bits per heavy atom. The number of carbonyl (C=O) groups is 1. The molecule has 0 bridgehead atoms. The molecule has 3 heterocycles. The van der Waals surface area contributed by atoms with E-state index in [0.717, 1.165) is 36.2 Å². The summed E-state index contributed by atoms with van der Waals surface area (Å²) in [6.45, 7) is 7.31. The fraction of sp³-hybridized carbons (Fsp3) is 0.538. The molecule has 1 saturated heterocycles. The summed E-state index contributed by atoms with van der Waals surface area (Å²) in [7, 11) is 0. The average Bonchev–Trinajstić information content (AvgIpc) is 3.10. The molecule has 0 unspecified atom stereocenters. The van der Waals surface area contributed by atoms with Gasteiger partial charge < -0.3 is 4.90 Å². The minimum atomic E-state index is 0.0372. The molecule has 1 atom stereocenters. The Bertz CT molecular complexity index is 612. The molecular formula is C13H17N5OS2. The summed E-state index contributed by atoms with van der Waals surface area (Å²) >= 11 is 3.09. The summed E-state index contributed by atoms with van der Waals surface area (Å²) in [5.74, 6) is 0.0372. The zero-order valence-electron chi connectivity index (χ0n) is 12.0. The van der Waals surface area contributed by atoms with Crippen molar-refractivity contribution < 1.29 is 4.79 Å². The third-order valence-electron chi connectivity index (χ3n) is 3.55. The van der Waals surface area contributed by atoms with Crippen molar-refractivity contribution in [3.8, 4) is 0 Å². The molecule has 0 saturated carbocycles. The number of hydrogen-bond acceptors (Lipinski definition) is 7. The van der Waals surface area contributed by atoms with Gasteiger partial charge in [0.15, 0.2) is 0 Å². The van der Waals surface area contributed by atoms with Crippen LogP contribution in [0.3, 0.4) is 0 Å². The van der Waals surface area contributed by atoms with Crippen LogP contribution in [-0.4, -0.2) is 56.6 Å². The van der Waals surface area contributed by atoms with Gasteiger partial charge >= 0.3 is 0 Å². The molecule has 3 rings (SSSR count). The first-order valence-corrected chi connectivity index (χ1v) is 8.60. The Balaban J connectivity index is 1.60. The minimum absolute atomic E-state index is 0.0372. The monoisotopic (exact) mass is 323 g/mol. The highest BCUT2D eigenvalue weighted by Gasteiger charge is 2.29. The molecule has 0 aromatic carbocycles. The number of rotatable bonds is 3. The smallest absolute Gasteiger partial charge is 0.273 e. The van der Waals surface area contributed by atoms with Crippen molar-refractivity contribution in [3.63, 3.8) is 0 Å². The normalized spacial score (nSPS) is 19.9. The van der Waals surface area contributed by atoms with Gasteiger partial charge in [-0.3, -0.25) is 9.69 Å². The number of thiazole rings is 1. The molecule has 2 aromatic heterocycles. The van der Waals surface area contributed by atoms with Gasteiger partial charge in [-0.25, -0.2) is 4.98 Å². The molecule has 1 aliphatic heterocycles. The maximum Gasteiger partial charge on any atom is 0.273 e. The first kappa shape index (κ1) is 14.6. The molecule has 0 radical (unpaired) electrons. The van der Waals surface area contributed by atoms with Crippen LogP contribution in [0.4, 0.5) is 0 Å². The Kier molecular flexibility index (Phi) is 4.27. The van der Waals surface area contributed by atoms with Crippen LogP contribution in [0.15, 0.2) is 10.9 Å². The lowest BCUT2D eigenvalue weighted by molar-refractivity contribution is 0.0470. The van der Waals surface area contributed by atoms with Gasteiger partial charge in [-0.1, -0.05) is 0 Å². The number of aryl methyl sites for hydroxylation is 1. The molecule has 0 N–H and O–H groups in total. The molecule has 6 nitrogen and oxygen atoms in total. The van der Waals surface area contributed by atoms with Gasteiger partial charge in [0.25, 0.3) is 5.91 Å².